The van der Waals surface area contributed by atoms with Gasteiger partial charge < -0.3 is 14.8 Å². The van der Waals surface area contributed by atoms with Crippen LogP contribution in [0.2, 0.25) is 0 Å². The van der Waals surface area contributed by atoms with Crippen molar-refractivity contribution < 1.29 is 9.47 Å². The Morgan fingerprint density at radius 3 is 2.68 bits per heavy atom. The SMILES string of the molecule is CCCOc1cccc(CNc2ccccc2COCC)c1. The third-order valence-corrected chi connectivity index (χ3v) is 3.33. The molecule has 0 radical (unpaired) electrons. The molecule has 0 saturated heterocycles. The molecule has 2 aromatic rings. The molecule has 118 valence electrons. The van der Waals surface area contributed by atoms with Gasteiger partial charge in [0.15, 0.2) is 0 Å². The fourth-order valence-electron chi connectivity index (χ4n) is 2.19. The van der Waals surface area contributed by atoms with Crippen LogP contribution in [0, 0.1) is 0 Å². The first-order valence-corrected chi connectivity index (χ1v) is 7.94. The largest absolute Gasteiger partial charge is 0.494 e. The summed E-state index contributed by atoms with van der Waals surface area (Å²) in [5.41, 5.74) is 3.51. The second-order valence-electron chi connectivity index (χ2n) is 5.14. The lowest BCUT2D eigenvalue weighted by Gasteiger charge is -2.13. The van der Waals surface area contributed by atoms with Crippen molar-refractivity contribution in [2.45, 2.75) is 33.4 Å². The van der Waals surface area contributed by atoms with Gasteiger partial charge >= 0.3 is 0 Å². The van der Waals surface area contributed by atoms with Crippen molar-refractivity contribution in [2.75, 3.05) is 18.5 Å². The van der Waals surface area contributed by atoms with Gasteiger partial charge in [-0.2, -0.15) is 0 Å². The lowest BCUT2D eigenvalue weighted by atomic mass is 10.1. The van der Waals surface area contributed by atoms with Crippen molar-refractivity contribution in [3.63, 3.8) is 0 Å². The van der Waals surface area contributed by atoms with Crippen LogP contribution < -0.4 is 10.1 Å². The van der Waals surface area contributed by atoms with Gasteiger partial charge in [-0.3, -0.25) is 0 Å². The van der Waals surface area contributed by atoms with Crippen molar-refractivity contribution in [3.8, 4) is 5.75 Å². The summed E-state index contributed by atoms with van der Waals surface area (Å²) in [7, 11) is 0. The van der Waals surface area contributed by atoms with E-state index in [9.17, 15) is 0 Å². The predicted molar refractivity (Wildman–Crippen MR) is 91.3 cm³/mol. The van der Waals surface area contributed by atoms with E-state index in [4.69, 9.17) is 9.47 Å². The Kier molecular flexibility index (Phi) is 6.78. The summed E-state index contributed by atoms with van der Waals surface area (Å²) < 4.78 is 11.2. The van der Waals surface area contributed by atoms with E-state index < -0.39 is 0 Å². The molecule has 0 saturated carbocycles. The van der Waals surface area contributed by atoms with E-state index in [0.29, 0.717) is 6.61 Å². The molecule has 0 bridgehead atoms. The molecule has 3 nitrogen and oxygen atoms in total. The third-order valence-electron chi connectivity index (χ3n) is 3.33. The van der Waals surface area contributed by atoms with Gasteiger partial charge in [0, 0.05) is 24.4 Å². The van der Waals surface area contributed by atoms with Crippen LogP contribution >= 0.6 is 0 Å². The van der Waals surface area contributed by atoms with E-state index >= 15 is 0 Å². The summed E-state index contributed by atoms with van der Waals surface area (Å²) in [6.07, 6.45) is 1.02. The van der Waals surface area contributed by atoms with Gasteiger partial charge in [0.05, 0.1) is 13.2 Å². The third kappa shape index (κ3) is 5.08. The number of rotatable bonds is 9. The topological polar surface area (TPSA) is 30.5 Å². The maximum Gasteiger partial charge on any atom is 0.119 e. The molecule has 0 atom stereocenters. The second-order valence-corrected chi connectivity index (χ2v) is 5.14. The van der Waals surface area contributed by atoms with Gasteiger partial charge in [0.1, 0.15) is 5.75 Å². The molecular formula is C19H25NO2. The van der Waals surface area contributed by atoms with Crippen molar-refractivity contribution in [2.24, 2.45) is 0 Å². The minimum absolute atomic E-state index is 0.638. The summed E-state index contributed by atoms with van der Waals surface area (Å²) in [6.45, 7) is 7.02. The first kappa shape index (κ1) is 16.4. The Morgan fingerprint density at radius 1 is 1.00 bits per heavy atom. The zero-order chi connectivity index (χ0) is 15.6. The minimum Gasteiger partial charge on any atom is -0.494 e. The highest BCUT2D eigenvalue weighted by Crippen LogP contribution is 2.19. The molecule has 0 aliphatic rings. The molecule has 2 aromatic carbocycles. The van der Waals surface area contributed by atoms with E-state index in [1.54, 1.807) is 0 Å². The highest BCUT2D eigenvalue weighted by molar-refractivity contribution is 5.51. The summed E-state index contributed by atoms with van der Waals surface area (Å²) in [5.74, 6) is 0.934. The van der Waals surface area contributed by atoms with Gasteiger partial charge in [-0.1, -0.05) is 37.3 Å². The molecule has 0 spiro atoms. The van der Waals surface area contributed by atoms with Crippen LogP contribution in [0.15, 0.2) is 48.5 Å². The van der Waals surface area contributed by atoms with Gasteiger partial charge in [-0.05, 0) is 37.1 Å². The van der Waals surface area contributed by atoms with Crippen molar-refractivity contribution in [3.05, 3.63) is 59.7 Å². The van der Waals surface area contributed by atoms with E-state index in [-0.39, 0.29) is 0 Å². The van der Waals surface area contributed by atoms with Crippen molar-refractivity contribution in [1.29, 1.82) is 0 Å². The fraction of sp³-hybridized carbons (Fsp3) is 0.368. The summed E-state index contributed by atoms with van der Waals surface area (Å²) in [4.78, 5) is 0. The summed E-state index contributed by atoms with van der Waals surface area (Å²) in [6, 6.07) is 16.5. The van der Waals surface area contributed by atoms with Crippen LogP contribution in [0.1, 0.15) is 31.4 Å². The molecule has 0 unspecified atom stereocenters. The van der Waals surface area contributed by atoms with E-state index in [0.717, 1.165) is 37.6 Å². The van der Waals surface area contributed by atoms with Gasteiger partial charge in [0.2, 0.25) is 0 Å². The number of hydrogen-bond donors (Lipinski definition) is 1. The quantitative estimate of drug-likeness (QED) is 0.732. The Bertz CT molecular complexity index is 569. The average molecular weight is 299 g/mol. The molecule has 1 N–H and O–H groups in total. The Balaban J connectivity index is 1.98. The predicted octanol–water partition coefficient (Wildman–Crippen LogP) is 4.62. The van der Waals surface area contributed by atoms with Crippen LogP contribution in [0.3, 0.4) is 0 Å². The molecule has 0 amide bonds. The number of ether oxygens (including phenoxy) is 2. The monoisotopic (exact) mass is 299 g/mol. The molecule has 0 heterocycles. The van der Waals surface area contributed by atoms with E-state index in [2.05, 4.69) is 36.5 Å². The highest BCUT2D eigenvalue weighted by atomic mass is 16.5. The average Bonchev–Trinajstić information content (AvgIpc) is 2.57. The standard InChI is InChI=1S/C19H25NO2/c1-3-12-22-18-10-7-8-16(13-18)14-20-19-11-6-5-9-17(19)15-21-4-2/h5-11,13,20H,3-4,12,14-15H2,1-2H3. The maximum absolute atomic E-state index is 5.68. The van der Waals surface area contributed by atoms with Crippen LogP contribution in [0.25, 0.3) is 0 Å². The lowest BCUT2D eigenvalue weighted by molar-refractivity contribution is 0.134. The summed E-state index contributed by atoms with van der Waals surface area (Å²) in [5, 5.41) is 3.49. The van der Waals surface area contributed by atoms with Crippen LogP contribution in [0.4, 0.5) is 5.69 Å². The molecular weight excluding hydrogens is 274 g/mol. The van der Waals surface area contributed by atoms with Gasteiger partial charge in [-0.15, -0.1) is 0 Å². The zero-order valence-electron chi connectivity index (χ0n) is 13.5. The smallest absolute Gasteiger partial charge is 0.119 e. The Labute approximate surface area is 133 Å². The fourth-order valence-corrected chi connectivity index (χ4v) is 2.19. The maximum atomic E-state index is 5.68. The van der Waals surface area contributed by atoms with Crippen molar-refractivity contribution in [1.82, 2.24) is 0 Å². The lowest BCUT2D eigenvalue weighted by Crippen LogP contribution is -2.04. The first-order valence-electron chi connectivity index (χ1n) is 7.94. The molecule has 0 aliphatic carbocycles. The van der Waals surface area contributed by atoms with Crippen LogP contribution in [0.5, 0.6) is 5.75 Å². The number of benzene rings is 2. The molecule has 22 heavy (non-hydrogen) atoms. The number of hydrogen-bond acceptors (Lipinski definition) is 3. The molecule has 0 aliphatic heterocycles. The van der Waals surface area contributed by atoms with Crippen molar-refractivity contribution >= 4 is 5.69 Å². The number of anilines is 1. The van der Waals surface area contributed by atoms with Gasteiger partial charge in [-0.25, -0.2) is 0 Å². The first-order chi connectivity index (χ1) is 10.8. The van der Waals surface area contributed by atoms with E-state index in [1.807, 2.05) is 31.2 Å². The van der Waals surface area contributed by atoms with E-state index in [1.165, 1.54) is 11.1 Å². The second kappa shape index (κ2) is 9.11. The molecule has 3 heteroatoms. The minimum atomic E-state index is 0.638. The molecule has 2 rings (SSSR count). The van der Waals surface area contributed by atoms with Crippen LogP contribution in [-0.2, 0) is 17.9 Å². The molecule has 0 aromatic heterocycles. The number of para-hydroxylation sites is 1. The Hall–Kier alpha value is -2.00. The number of nitrogens with one attached hydrogen (secondary N) is 1. The van der Waals surface area contributed by atoms with Crippen LogP contribution in [-0.4, -0.2) is 13.2 Å². The van der Waals surface area contributed by atoms with Gasteiger partial charge in [0.25, 0.3) is 0 Å². The Morgan fingerprint density at radius 2 is 1.86 bits per heavy atom. The molecule has 0 fully saturated rings. The highest BCUT2D eigenvalue weighted by Gasteiger charge is 2.02. The normalized spacial score (nSPS) is 10.5. The summed E-state index contributed by atoms with van der Waals surface area (Å²) >= 11 is 0. The zero-order valence-corrected chi connectivity index (χ0v) is 13.5.